The first-order valence-electron chi connectivity index (χ1n) is 6.98. The lowest BCUT2D eigenvalue weighted by Gasteiger charge is -2.20. The van der Waals surface area contributed by atoms with Crippen LogP contribution < -0.4 is 5.32 Å². The van der Waals surface area contributed by atoms with Crippen LogP contribution in [0.1, 0.15) is 31.2 Å². The third-order valence-electron chi connectivity index (χ3n) is 3.63. The molecule has 0 aromatic heterocycles. The summed E-state index contributed by atoms with van der Waals surface area (Å²) in [5, 5.41) is 4.30. The molecule has 1 saturated heterocycles. The van der Waals surface area contributed by atoms with Gasteiger partial charge in [-0.3, -0.25) is 0 Å². The fourth-order valence-corrected chi connectivity index (χ4v) is 2.60. The van der Waals surface area contributed by atoms with Gasteiger partial charge < -0.3 is 10.2 Å². The maximum absolute atomic E-state index is 6.11. The first-order valence-corrected chi connectivity index (χ1v) is 7.36. The van der Waals surface area contributed by atoms with Gasteiger partial charge in [-0.1, -0.05) is 30.5 Å². The summed E-state index contributed by atoms with van der Waals surface area (Å²) in [5.74, 6) is 0. The SMILES string of the molecule is Cc1ccc(NCCN2CCCCCC2)cc1Cl. The number of benzene rings is 1. The summed E-state index contributed by atoms with van der Waals surface area (Å²) in [7, 11) is 0. The van der Waals surface area contributed by atoms with Crippen molar-refractivity contribution in [2.24, 2.45) is 0 Å². The summed E-state index contributed by atoms with van der Waals surface area (Å²) >= 11 is 6.11. The van der Waals surface area contributed by atoms with Gasteiger partial charge in [0.25, 0.3) is 0 Å². The predicted octanol–water partition coefficient (Wildman–Crippen LogP) is 3.94. The average Bonchev–Trinajstić information content (AvgIpc) is 2.62. The van der Waals surface area contributed by atoms with Gasteiger partial charge in [0.2, 0.25) is 0 Å². The highest BCUT2D eigenvalue weighted by Crippen LogP contribution is 2.19. The van der Waals surface area contributed by atoms with Crippen LogP contribution in [-0.2, 0) is 0 Å². The number of halogens is 1. The fraction of sp³-hybridized carbons (Fsp3) is 0.600. The Balaban J connectivity index is 1.75. The molecule has 1 heterocycles. The molecule has 3 heteroatoms. The van der Waals surface area contributed by atoms with Gasteiger partial charge in [-0.2, -0.15) is 0 Å². The number of rotatable bonds is 4. The molecular weight excluding hydrogens is 244 g/mol. The van der Waals surface area contributed by atoms with Crippen LogP contribution >= 0.6 is 11.6 Å². The number of hydrogen-bond donors (Lipinski definition) is 1. The minimum atomic E-state index is 0.842. The monoisotopic (exact) mass is 266 g/mol. The third kappa shape index (κ3) is 4.18. The van der Waals surface area contributed by atoms with E-state index in [1.54, 1.807) is 0 Å². The van der Waals surface area contributed by atoms with Crippen LogP contribution in [0.2, 0.25) is 5.02 Å². The van der Waals surface area contributed by atoms with Crippen LogP contribution in [-0.4, -0.2) is 31.1 Å². The molecule has 1 fully saturated rings. The lowest BCUT2D eigenvalue weighted by atomic mass is 10.2. The van der Waals surface area contributed by atoms with E-state index in [1.807, 2.05) is 13.0 Å². The Hall–Kier alpha value is -0.730. The smallest absolute Gasteiger partial charge is 0.0455 e. The van der Waals surface area contributed by atoms with Crippen LogP contribution in [0.15, 0.2) is 18.2 Å². The zero-order valence-electron chi connectivity index (χ0n) is 11.2. The molecule has 0 radical (unpaired) electrons. The number of likely N-dealkylation sites (tertiary alicyclic amines) is 1. The number of nitrogens with one attached hydrogen (secondary N) is 1. The standard InChI is InChI=1S/C15H23ClN2/c1-13-6-7-14(12-15(13)16)17-8-11-18-9-4-2-3-5-10-18/h6-7,12,17H,2-5,8-11H2,1H3. The van der Waals surface area contributed by atoms with E-state index in [1.165, 1.54) is 38.8 Å². The van der Waals surface area contributed by atoms with Crippen molar-refractivity contribution in [3.63, 3.8) is 0 Å². The van der Waals surface area contributed by atoms with Gasteiger partial charge in [0, 0.05) is 23.8 Å². The van der Waals surface area contributed by atoms with Crippen LogP contribution in [0.25, 0.3) is 0 Å². The van der Waals surface area contributed by atoms with E-state index in [4.69, 9.17) is 11.6 Å². The molecular formula is C15H23ClN2. The van der Waals surface area contributed by atoms with E-state index in [-0.39, 0.29) is 0 Å². The molecule has 1 N–H and O–H groups in total. The third-order valence-corrected chi connectivity index (χ3v) is 4.03. The van der Waals surface area contributed by atoms with Crippen molar-refractivity contribution in [1.82, 2.24) is 4.90 Å². The fourth-order valence-electron chi connectivity index (χ4n) is 2.42. The van der Waals surface area contributed by atoms with Gasteiger partial charge in [0.15, 0.2) is 0 Å². The highest BCUT2D eigenvalue weighted by Gasteiger charge is 2.08. The van der Waals surface area contributed by atoms with Gasteiger partial charge in [0.05, 0.1) is 0 Å². The van der Waals surface area contributed by atoms with E-state index in [0.29, 0.717) is 0 Å². The highest BCUT2D eigenvalue weighted by molar-refractivity contribution is 6.31. The lowest BCUT2D eigenvalue weighted by Crippen LogP contribution is -2.29. The van der Waals surface area contributed by atoms with Gasteiger partial charge in [-0.15, -0.1) is 0 Å². The Labute approximate surface area is 115 Å². The summed E-state index contributed by atoms with van der Waals surface area (Å²) in [6.45, 7) is 6.68. The van der Waals surface area contributed by atoms with E-state index >= 15 is 0 Å². The van der Waals surface area contributed by atoms with E-state index in [0.717, 1.165) is 29.4 Å². The lowest BCUT2D eigenvalue weighted by molar-refractivity contribution is 0.296. The second-order valence-electron chi connectivity index (χ2n) is 5.15. The van der Waals surface area contributed by atoms with Crippen molar-refractivity contribution < 1.29 is 0 Å². The van der Waals surface area contributed by atoms with E-state index < -0.39 is 0 Å². The molecule has 1 aliphatic heterocycles. The Morgan fingerprint density at radius 2 is 1.89 bits per heavy atom. The molecule has 0 bridgehead atoms. The van der Waals surface area contributed by atoms with Crippen LogP contribution in [0.3, 0.4) is 0 Å². The zero-order chi connectivity index (χ0) is 12.8. The topological polar surface area (TPSA) is 15.3 Å². The van der Waals surface area contributed by atoms with Crippen molar-refractivity contribution in [2.75, 3.05) is 31.5 Å². The second kappa shape index (κ2) is 7.01. The zero-order valence-corrected chi connectivity index (χ0v) is 12.0. The molecule has 18 heavy (non-hydrogen) atoms. The van der Waals surface area contributed by atoms with Gasteiger partial charge in [-0.05, 0) is 50.6 Å². The summed E-state index contributed by atoms with van der Waals surface area (Å²) in [5.41, 5.74) is 2.26. The van der Waals surface area contributed by atoms with Crippen molar-refractivity contribution in [3.8, 4) is 0 Å². The summed E-state index contributed by atoms with van der Waals surface area (Å²) < 4.78 is 0. The van der Waals surface area contributed by atoms with Gasteiger partial charge in [-0.25, -0.2) is 0 Å². The Bertz CT molecular complexity index is 371. The number of hydrogen-bond acceptors (Lipinski definition) is 2. The Morgan fingerprint density at radius 3 is 2.56 bits per heavy atom. The predicted molar refractivity (Wildman–Crippen MR) is 79.6 cm³/mol. The summed E-state index contributed by atoms with van der Waals surface area (Å²) in [6.07, 6.45) is 5.52. The van der Waals surface area contributed by atoms with Crippen molar-refractivity contribution in [2.45, 2.75) is 32.6 Å². The quantitative estimate of drug-likeness (QED) is 0.888. The first kappa shape index (κ1) is 13.7. The van der Waals surface area contributed by atoms with Gasteiger partial charge >= 0.3 is 0 Å². The molecule has 0 unspecified atom stereocenters. The van der Waals surface area contributed by atoms with Crippen LogP contribution in [0, 0.1) is 6.92 Å². The number of aryl methyl sites for hydroxylation is 1. The van der Waals surface area contributed by atoms with Crippen LogP contribution in [0.5, 0.6) is 0 Å². The molecule has 0 saturated carbocycles. The second-order valence-corrected chi connectivity index (χ2v) is 5.55. The maximum atomic E-state index is 6.11. The first-order chi connectivity index (χ1) is 8.75. The van der Waals surface area contributed by atoms with Crippen molar-refractivity contribution >= 4 is 17.3 Å². The molecule has 1 aliphatic rings. The summed E-state index contributed by atoms with van der Waals surface area (Å²) in [6, 6.07) is 6.18. The molecule has 1 aromatic carbocycles. The molecule has 0 spiro atoms. The number of nitrogens with zero attached hydrogens (tertiary/aromatic N) is 1. The normalized spacial score (nSPS) is 17.4. The van der Waals surface area contributed by atoms with Crippen LogP contribution in [0.4, 0.5) is 5.69 Å². The minimum absolute atomic E-state index is 0.842. The molecule has 1 aromatic rings. The Kier molecular flexibility index (Phi) is 5.33. The van der Waals surface area contributed by atoms with E-state index in [2.05, 4.69) is 22.3 Å². The molecule has 100 valence electrons. The van der Waals surface area contributed by atoms with Crippen molar-refractivity contribution in [3.05, 3.63) is 28.8 Å². The molecule has 2 rings (SSSR count). The molecule has 0 amide bonds. The molecule has 2 nitrogen and oxygen atoms in total. The summed E-state index contributed by atoms with van der Waals surface area (Å²) in [4.78, 5) is 2.57. The van der Waals surface area contributed by atoms with Gasteiger partial charge in [0.1, 0.15) is 0 Å². The molecule has 0 atom stereocenters. The minimum Gasteiger partial charge on any atom is -0.384 e. The maximum Gasteiger partial charge on any atom is 0.0455 e. The highest BCUT2D eigenvalue weighted by atomic mass is 35.5. The average molecular weight is 267 g/mol. The largest absolute Gasteiger partial charge is 0.384 e. The molecule has 0 aliphatic carbocycles. The van der Waals surface area contributed by atoms with Crippen molar-refractivity contribution in [1.29, 1.82) is 0 Å². The Morgan fingerprint density at radius 1 is 1.17 bits per heavy atom. The number of anilines is 1. The van der Waals surface area contributed by atoms with E-state index in [9.17, 15) is 0 Å².